The van der Waals surface area contributed by atoms with E-state index in [4.69, 9.17) is 4.52 Å². The normalized spacial score (nSPS) is 17.5. The van der Waals surface area contributed by atoms with Crippen molar-refractivity contribution in [2.45, 2.75) is 30.4 Å². The molecule has 0 radical (unpaired) electrons. The summed E-state index contributed by atoms with van der Waals surface area (Å²) in [7, 11) is 0. The Morgan fingerprint density at radius 3 is 2.47 bits per heavy atom. The Labute approximate surface area is 181 Å². The summed E-state index contributed by atoms with van der Waals surface area (Å²) in [5.74, 6) is 1.71. The number of carbonyl (C=O) groups excluding carboxylic acids is 2. The van der Waals surface area contributed by atoms with E-state index >= 15 is 0 Å². The van der Waals surface area contributed by atoms with Crippen molar-refractivity contribution in [3.8, 4) is 0 Å². The van der Waals surface area contributed by atoms with Gasteiger partial charge >= 0.3 is 0 Å². The molecular weight excluding hydrogens is 400 g/mol. The Hall–Kier alpha value is -2.32. The number of benzene rings is 1. The maximum atomic E-state index is 13.2. The van der Waals surface area contributed by atoms with Crippen LogP contribution in [0.4, 0.5) is 0 Å². The quantitative estimate of drug-likeness (QED) is 0.659. The van der Waals surface area contributed by atoms with Gasteiger partial charge in [-0.15, -0.1) is 11.8 Å². The second-order valence-corrected chi connectivity index (χ2v) is 8.89. The zero-order valence-corrected chi connectivity index (χ0v) is 18.2. The fraction of sp³-hybridized carbons (Fsp3) is 0.500. The van der Waals surface area contributed by atoms with Gasteiger partial charge in [-0.25, -0.2) is 0 Å². The zero-order valence-electron chi connectivity index (χ0n) is 17.4. The van der Waals surface area contributed by atoms with Crippen LogP contribution in [0.2, 0.25) is 0 Å². The van der Waals surface area contributed by atoms with E-state index in [0.717, 1.165) is 60.9 Å². The molecule has 1 aromatic heterocycles. The Bertz CT molecular complexity index is 886. The van der Waals surface area contributed by atoms with Crippen molar-refractivity contribution in [3.05, 3.63) is 47.3 Å². The summed E-state index contributed by atoms with van der Waals surface area (Å²) in [6.45, 7) is 6.89. The van der Waals surface area contributed by atoms with Crippen molar-refractivity contribution in [1.82, 2.24) is 19.9 Å². The molecule has 2 aliphatic heterocycles. The molecule has 0 saturated carbocycles. The van der Waals surface area contributed by atoms with E-state index in [-0.39, 0.29) is 11.8 Å². The number of rotatable bonds is 6. The van der Waals surface area contributed by atoms with Gasteiger partial charge in [0.1, 0.15) is 5.76 Å². The molecule has 0 N–H and O–H groups in total. The maximum Gasteiger partial charge on any atom is 0.255 e. The van der Waals surface area contributed by atoms with Gasteiger partial charge in [0, 0.05) is 50.2 Å². The molecule has 0 spiro atoms. The minimum Gasteiger partial charge on any atom is -0.360 e. The lowest BCUT2D eigenvalue weighted by Crippen LogP contribution is -2.51. The van der Waals surface area contributed by atoms with Gasteiger partial charge in [-0.2, -0.15) is 0 Å². The minimum absolute atomic E-state index is 0.0531. The molecule has 2 fully saturated rings. The largest absolute Gasteiger partial charge is 0.360 e. The van der Waals surface area contributed by atoms with E-state index in [9.17, 15) is 9.59 Å². The number of aryl methyl sites for hydroxylation is 1. The first kappa shape index (κ1) is 20.9. The van der Waals surface area contributed by atoms with Gasteiger partial charge in [0.25, 0.3) is 5.91 Å². The number of nitrogens with zero attached hydrogens (tertiary/aromatic N) is 4. The van der Waals surface area contributed by atoms with E-state index in [2.05, 4.69) is 10.1 Å². The van der Waals surface area contributed by atoms with Crippen molar-refractivity contribution in [1.29, 1.82) is 0 Å². The predicted molar refractivity (Wildman–Crippen MR) is 115 cm³/mol. The SMILES string of the molecule is Cc1cc(CSc2ccccc2C(=O)N2CCN(CC(=O)N3CCCC3)CC2)on1. The lowest BCUT2D eigenvalue weighted by Gasteiger charge is -2.35. The molecule has 2 amide bonds. The van der Waals surface area contributed by atoms with Gasteiger partial charge in [0.05, 0.1) is 23.6 Å². The lowest BCUT2D eigenvalue weighted by molar-refractivity contribution is -0.131. The first-order valence-electron chi connectivity index (χ1n) is 10.5. The predicted octanol–water partition coefficient (Wildman–Crippen LogP) is 2.66. The number of thioether (sulfide) groups is 1. The summed E-state index contributed by atoms with van der Waals surface area (Å²) in [5.41, 5.74) is 1.58. The van der Waals surface area contributed by atoms with Gasteiger partial charge in [-0.05, 0) is 31.9 Å². The molecular formula is C22H28N4O3S. The summed E-state index contributed by atoms with van der Waals surface area (Å²) in [5, 5.41) is 3.92. The summed E-state index contributed by atoms with van der Waals surface area (Å²) in [6.07, 6.45) is 2.23. The molecule has 160 valence electrons. The molecule has 0 atom stereocenters. The fourth-order valence-corrected chi connectivity index (χ4v) is 4.86. The number of carbonyl (C=O) groups is 2. The standard InChI is InChI=1S/C22H28N4O3S/c1-17-14-18(29-23-17)16-30-20-7-3-2-6-19(20)22(28)26-12-10-24(11-13-26)15-21(27)25-8-4-5-9-25/h2-3,6-7,14H,4-5,8-13,15-16H2,1H3. The summed E-state index contributed by atoms with van der Waals surface area (Å²) >= 11 is 1.59. The van der Waals surface area contributed by atoms with Crippen molar-refractivity contribution < 1.29 is 14.1 Å². The van der Waals surface area contributed by atoms with Crippen molar-refractivity contribution in [2.75, 3.05) is 45.8 Å². The molecule has 2 aromatic rings. The van der Waals surface area contributed by atoms with Gasteiger partial charge in [-0.3, -0.25) is 14.5 Å². The maximum absolute atomic E-state index is 13.2. The summed E-state index contributed by atoms with van der Waals surface area (Å²) in [6, 6.07) is 9.64. The molecule has 30 heavy (non-hydrogen) atoms. The third-order valence-corrected chi connectivity index (χ3v) is 6.74. The molecule has 2 aliphatic rings. The van der Waals surface area contributed by atoms with Gasteiger partial charge < -0.3 is 14.3 Å². The van der Waals surface area contributed by atoms with Crippen molar-refractivity contribution >= 4 is 23.6 Å². The molecule has 2 saturated heterocycles. The highest BCUT2D eigenvalue weighted by Crippen LogP contribution is 2.27. The van der Waals surface area contributed by atoms with Crippen LogP contribution in [0.3, 0.4) is 0 Å². The highest BCUT2D eigenvalue weighted by atomic mass is 32.2. The number of piperazine rings is 1. The smallest absolute Gasteiger partial charge is 0.255 e. The van der Waals surface area contributed by atoms with Crippen LogP contribution in [0.1, 0.15) is 34.7 Å². The molecule has 4 rings (SSSR count). The van der Waals surface area contributed by atoms with E-state index in [1.807, 2.05) is 47.1 Å². The topological polar surface area (TPSA) is 69.9 Å². The van der Waals surface area contributed by atoms with Crippen LogP contribution in [0.25, 0.3) is 0 Å². The fourth-order valence-electron chi connectivity index (χ4n) is 3.94. The van der Waals surface area contributed by atoms with Crippen LogP contribution in [0.5, 0.6) is 0 Å². The van der Waals surface area contributed by atoms with Crippen LogP contribution in [0.15, 0.2) is 39.8 Å². The van der Waals surface area contributed by atoms with Crippen LogP contribution >= 0.6 is 11.8 Å². The third kappa shape index (κ3) is 5.05. The van der Waals surface area contributed by atoms with Crippen molar-refractivity contribution in [2.24, 2.45) is 0 Å². The second kappa shape index (κ2) is 9.66. The van der Waals surface area contributed by atoms with Gasteiger partial charge in [0.2, 0.25) is 5.91 Å². The van der Waals surface area contributed by atoms with Crippen LogP contribution in [-0.4, -0.2) is 77.5 Å². The van der Waals surface area contributed by atoms with Gasteiger partial charge in [0.15, 0.2) is 0 Å². The summed E-state index contributed by atoms with van der Waals surface area (Å²) in [4.78, 5) is 32.5. The van der Waals surface area contributed by atoms with E-state index in [1.54, 1.807) is 11.8 Å². The molecule has 1 aromatic carbocycles. The first-order valence-corrected chi connectivity index (χ1v) is 11.5. The highest BCUT2D eigenvalue weighted by Gasteiger charge is 2.26. The highest BCUT2D eigenvalue weighted by molar-refractivity contribution is 7.98. The molecule has 3 heterocycles. The number of hydrogen-bond donors (Lipinski definition) is 0. The Morgan fingerprint density at radius 2 is 1.77 bits per heavy atom. The molecule has 0 unspecified atom stereocenters. The molecule has 0 aliphatic carbocycles. The second-order valence-electron chi connectivity index (χ2n) is 7.88. The molecule has 0 bridgehead atoms. The number of aromatic nitrogens is 1. The Kier molecular flexibility index (Phi) is 6.74. The van der Waals surface area contributed by atoms with E-state index in [0.29, 0.717) is 25.4 Å². The van der Waals surface area contributed by atoms with Crippen LogP contribution in [0, 0.1) is 6.92 Å². The number of amides is 2. The molecule has 8 heteroatoms. The number of hydrogen-bond acceptors (Lipinski definition) is 6. The van der Waals surface area contributed by atoms with Crippen molar-refractivity contribution in [3.63, 3.8) is 0 Å². The summed E-state index contributed by atoms with van der Waals surface area (Å²) < 4.78 is 5.28. The Balaban J connectivity index is 1.32. The first-order chi connectivity index (χ1) is 14.6. The monoisotopic (exact) mass is 428 g/mol. The third-order valence-electron chi connectivity index (χ3n) is 5.64. The lowest BCUT2D eigenvalue weighted by atomic mass is 10.2. The Morgan fingerprint density at radius 1 is 1.03 bits per heavy atom. The minimum atomic E-state index is 0.0531. The van der Waals surface area contributed by atoms with Crippen LogP contribution in [-0.2, 0) is 10.5 Å². The average molecular weight is 429 g/mol. The number of likely N-dealkylation sites (tertiary alicyclic amines) is 1. The van der Waals surface area contributed by atoms with Crippen LogP contribution < -0.4 is 0 Å². The molecule has 7 nitrogen and oxygen atoms in total. The average Bonchev–Trinajstić information content (AvgIpc) is 3.44. The van der Waals surface area contributed by atoms with E-state index < -0.39 is 0 Å². The van der Waals surface area contributed by atoms with E-state index in [1.165, 1.54) is 0 Å². The zero-order chi connectivity index (χ0) is 20.9. The van der Waals surface area contributed by atoms with Gasteiger partial charge in [-0.1, -0.05) is 17.3 Å².